The molecular weight excluding hydrogens is 266 g/mol. The van der Waals surface area contributed by atoms with Gasteiger partial charge in [-0.1, -0.05) is 32.9 Å². The summed E-state index contributed by atoms with van der Waals surface area (Å²) in [6.45, 7) is 7.49. The minimum absolute atomic E-state index is 0.215. The Morgan fingerprint density at radius 2 is 1.65 bits per heavy atom. The van der Waals surface area contributed by atoms with Crippen molar-refractivity contribution in [1.82, 2.24) is 5.32 Å². The average Bonchev–Trinajstić information content (AvgIpc) is 2.84. The van der Waals surface area contributed by atoms with E-state index < -0.39 is 0 Å². The first-order valence-electron chi connectivity index (χ1n) is 6.94. The highest BCUT2D eigenvalue weighted by Gasteiger charge is 2.12. The standard InChI is InChI=1S/C17H23NOS/c1-17(2,3)13-5-9-16(10-6-13)20-12-15-8-7-14(19-15)11-18-4/h5-10,18H,11-12H2,1-4H3. The highest BCUT2D eigenvalue weighted by Crippen LogP contribution is 2.27. The Labute approximate surface area is 126 Å². The van der Waals surface area contributed by atoms with Gasteiger partial charge in [0.15, 0.2) is 0 Å². The summed E-state index contributed by atoms with van der Waals surface area (Å²) in [5.41, 5.74) is 1.59. The molecule has 0 aliphatic heterocycles. The van der Waals surface area contributed by atoms with Crippen LogP contribution in [0.3, 0.4) is 0 Å². The van der Waals surface area contributed by atoms with Crippen LogP contribution in [0.15, 0.2) is 45.7 Å². The zero-order valence-electron chi connectivity index (χ0n) is 12.7. The van der Waals surface area contributed by atoms with Crippen LogP contribution in [0.1, 0.15) is 37.9 Å². The molecule has 0 bridgehead atoms. The third-order valence-corrected chi connectivity index (χ3v) is 4.20. The normalized spacial score (nSPS) is 11.8. The predicted molar refractivity (Wildman–Crippen MR) is 86.2 cm³/mol. The van der Waals surface area contributed by atoms with Gasteiger partial charge in [0.05, 0.1) is 12.3 Å². The molecular formula is C17H23NOS. The molecule has 1 aromatic carbocycles. The van der Waals surface area contributed by atoms with Crippen molar-refractivity contribution in [3.05, 3.63) is 53.5 Å². The molecule has 1 N–H and O–H groups in total. The number of hydrogen-bond donors (Lipinski definition) is 1. The molecule has 0 unspecified atom stereocenters. The molecule has 1 heterocycles. The van der Waals surface area contributed by atoms with Crippen molar-refractivity contribution in [2.75, 3.05) is 7.05 Å². The van der Waals surface area contributed by atoms with Crippen molar-refractivity contribution in [2.45, 2.75) is 43.4 Å². The van der Waals surface area contributed by atoms with E-state index in [2.05, 4.69) is 56.4 Å². The van der Waals surface area contributed by atoms with Gasteiger partial charge in [0, 0.05) is 4.90 Å². The predicted octanol–water partition coefficient (Wildman–Crippen LogP) is 4.59. The van der Waals surface area contributed by atoms with Crippen LogP contribution in [0.25, 0.3) is 0 Å². The molecule has 20 heavy (non-hydrogen) atoms. The van der Waals surface area contributed by atoms with Crippen LogP contribution in [-0.4, -0.2) is 7.05 Å². The van der Waals surface area contributed by atoms with Crippen molar-refractivity contribution in [2.24, 2.45) is 0 Å². The fourth-order valence-electron chi connectivity index (χ4n) is 1.97. The van der Waals surface area contributed by atoms with Gasteiger partial charge in [-0.25, -0.2) is 0 Å². The lowest BCUT2D eigenvalue weighted by atomic mass is 9.87. The molecule has 2 rings (SSSR count). The number of thioether (sulfide) groups is 1. The molecule has 0 saturated carbocycles. The van der Waals surface area contributed by atoms with Crippen LogP contribution >= 0.6 is 11.8 Å². The van der Waals surface area contributed by atoms with Gasteiger partial charge in [0.1, 0.15) is 11.5 Å². The summed E-state index contributed by atoms with van der Waals surface area (Å²) >= 11 is 1.81. The topological polar surface area (TPSA) is 25.2 Å². The Morgan fingerprint density at radius 3 is 2.25 bits per heavy atom. The quantitative estimate of drug-likeness (QED) is 0.815. The summed E-state index contributed by atoms with van der Waals surface area (Å²) in [6.07, 6.45) is 0. The van der Waals surface area contributed by atoms with Crippen molar-refractivity contribution in [3.8, 4) is 0 Å². The lowest BCUT2D eigenvalue weighted by Crippen LogP contribution is -2.10. The number of hydrogen-bond acceptors (Lipinski definition) is 3. The highest BCUT2D eigenvalue weighted by molar-refractivity contribution is 7.98. The van der Waals surface area contributed by atoms with Gasteiger partial charge in [-0.2, -0.15) is 0 Å². The number of nitrogens with one attached hydrogen (secondary N) is 1. The molecule has 0 amide bonds. The highest BCUT2D eigenvalue weighted by atomic mass is 32.2. The fraction of sp³-hybridized carbons (Fsp3) is 0.412. The number of benzene rings is 1. The lowest BCUT2D eigenvalue weighted by Gasteiger charge is -2.18. The smallest absolute Gasteiger partial charge is 0.117 e. The molecule has 0 fully saturated rings. The maximum absolute atomic E-state index is 5.74. The SMILES string of the molecule is CNCc1ccc(CSc2ccc(C(C)(C)C)cc2)o1. The second kappa shape index (κ2) is 6.51. The van der Waals surface area contributed by atoms with Crippen molar-refractivity contribution in [1.29, 1.82) is 0 Å². The van der Waals surface area contributed by atoms with Gasteiger partial charge in [-0.15, -0.1) is 11.8 Å². The van der Waals surface area contributed by atoms with Crippen LogP contribution in [0.2, 0.25) is 0 Å². The molecule has 108 valence electrons. The second-order valence-electron chi connectivity index (χ2n) is 5.96. The van der Waals surface area contributed by atoms with E-state index in [0.29, 0.717) is 0 Å². The van der Waals surface area contributed by atoms with E-state index in [9.17, 15) is 0 Å². The Kier molecular flexibility index (Phi) is 4.95. The summed E-state index contributed by atoms with van der Waals surface area (Å²) in [7, 11) is 1.92. The molecule has 2 nitrogen and oxygen atoms in total. The Hall–Kier alpha value is -1.19. The molecule has 0 aliphatic carbocycles. The van der Waals surface area contributed by atoms with E-state index >= 15 is 0 Å². The molecule has 2 aromatic rings. The van der Waals surface area contributed by atoms with Gasteiger partial charge in [0.25, 0.3) is 0 Å². The van der Waals surface area contributed by atoms with Gasteiger partial charge >= 0.3 is 0 Å². The Bertz CT molecular complexity index is 537. The fourth-order valence-corrected chi connectivity index (χ4v) is 2.77. The molecule has 0 radical (unpaired) electrons. The number of furan rings is 1. The van der Waals surface area contributed by atoms with Crippen LogP contribution in [0, 0.1) is 0 Å². The Balaban J connectivity index is 1.93. The van der Waals surface area contributed by atoms with Crippen LogP contribution in [0.4, 0.5) is 0 Å². The summed E-state index contributed by atoms with van der Waals surface area (Å²) in [5, 5.41) is 3.09. The molecule has 0 aliphatic rings. The van der Waals surface area contributed by atoms with Crippen molar-refractivity contribution < 1.29 is 4.42 Å². The summed E-state index contributed by atoms with van der Waals surface area (Å²) in [6, 6.07) is 12.9. The zero-order valence-corrected chi connectivity index (χ0v) is 13.5. The van der Waals surface area contributed by atoms with E-state index in [1.807, 2.05) is 24.9 Å². The van der Waals surface area contributed by atoms with Gasteiger partial charge in [0.2, 0.25) is 0 Å². The molecule has 0 atom stereocenters. The number of rotatable bonds is 5. The second-order valence-corrected chi connectivity index (χ2v) is 7.01. The van der Waals surface area contributed by atoms with Gasteiger partial charge in [-0.3, -0.25) is 0 Å². The average molecular weight is 289 g/mol. The largest absolute Gasteiger partial charge is 0.464 e. The minimum Gasteiger partial charge on any atom is -0.464 e. The first kappa shape index (κ1) is 15.2. The third-order valence-electron chi connectivity index (χ3n) is 3.17. The van der Waals surface area contributed by atoms with Crippen molar-refractivity contribution in [3.63, 3.8) is 0 Å². The zero-order chi connectivity index (χ0) is 14.6. The minimum atomic E-state index is 0.215. The monoisotopic (exact) mass is 289 g/mol. The van der Waals surface area contributed by atoms with Crippen LogP contribution in [-0.2, 0) is 17.7 Å². The van der Waals surface area contributed by atoms with Gasteiger partial charge in [-0.05, 0) is 42.3 Å². The van der Waals surface area contributed by atoms with E-state index in [0.717, 1.165) is 23.8 Å². The van der Waals surface area contributed by atoms with E-state index in [4.69, 9.17) is 4.42 Å². The van der Waals surface area contributed by atoms with Crippen LogP contribution < -0.4 is 5.32 Å². The third kappa shape index (κ3) is 4.15. The lowest BCUT2D eigenvalue weighted by molar-refractivity contribution is 0.469. The molecule has 0 spiro atoms. The first-order chi connectivity index (χ1) is 9.49. The molecule has 0 saturated heterocycles. The maximum atomic E-state index is 5.74. The van der Waals surface area contributed by atoms with E-state index in [1.165, 1.54) is 10.5 Å². The Morgan fingerprint density at radius 1 is 1.00 bits per heavy atom. The van der Waals surface area contributed by atoms with Crippen LogP contribution in [0.5, 0.6) is 0 Å². The van der Waals surface area contributed by atoms with Crippen molar-refractivity contribution >= 4 is 11.8 Å². The molecule has 1 aromatic heterocycles. The summed E-state index contributed by atoms with van der Waals surface area (Å²) in [5.74, 6) is 2.89. The summed E-state index contributed by atoms with van der Waals surface area (Å²) in [4.78, 5) is 1.28. The van der Waals surface area contributed by atoms with E-state index in [1.54, 1.807) is 0 Å². The summed E-state index contributed by atoms with van der Waals surface area (Å²) < 4.78 is 5.74. The first-order valence-corrected chi connectivity index (χ1v) is 7.93. The molecule has 3 heteroatoms. The maximum Gasteiger partial charge on any atom is 0.117 e. The van der Waals surface area contributed by atoms with E-state index in [-0.39, 0.29) is 5.41 Å². The van der Waals surface area contributed by atoms with Gasteiger partial charge < -0.3 is 9.73 Å².